The van der Waals surface area contributed by atoms with Gasteiger partial charge in [-0.3, -0.25) is 9.59 Å². The Kier molecular flexibility index (Phi) is 5.99. The number of amides is 2. The molecule has 20 heavy (non-hydrogen) atoms. The maximum absolute atomic E-state index is 11.7. The number of benzene rings is 1. The van der Waals surface area contributed by atoms with Gasteiger partial charge in [0, 0.05) is 25.5 Å². The highest BCUT2D eigenvalue weighted by Crippen LogP contribution is 2.15. The quantitative estimate of drug-likeness (QED) is 0.689. The van der Waals surface area contributed by atoms with Crippen molar-refractivity contribution in [2.75, 3.05) is 30.9 Å². The summed E-state index contributed by atoms with van der Waals surface area (Å²) in [6.07, 6.45) is 0.563. The second-order valence-corrected chi connectivity index (χ2v) is 4.66. The molecule has 0 saturated heterocycles. The zero-order valence-corrected chi connectivity index (χ0v) is 12.0. The molecule has 1 rings (SSSR count). The third kappa shape index (κ3) is 4.55. The molecule has 0 aliphatic carbocycles. The Bertz CT molecular complexity index is 453. The first-order valence-corrected chi connectivity index (χ1v) is 6.48. The molecule has 110 valence electrons. The third-order valence-electron chi connectivity index (χ3n) is 2.90. The summed E-state index contributed by atoms with van der Waals surface area (Å²) in [7, 11) is 3.83. The molecule has 0 bridgehead atoms. The van der Waals surface area contributed by atoms with Crippen LogP contribution in [0, 0.1) is 0 Å². The fraction of sp³-hybridized carbons (Fsp3) is 0.429. The summed E-state index contributed by atoms with van der Waals surface area (Å²) in [5.41, 5.74) is 1.55. The SMILES string of the molecule is CC[C@@H](CO)NC(=O)C(=O)Nc1ccc(N(C)C)cc1. The van der Waals surface area contributed by atoms with E-state index in [2.05, 4.69) is 10.6 Å². The molecule has 0 aliphatic heterocycles. The first-order chi connectivity index (χ1) is 9.47. The molecule has 2 amide bonds. The Morgan fingerprint density at radius 1 is 1.20 bits per heavy atom. The largest absolute Gasteiger partial charge is 0.394 e. The lowest BCUT2D eigenvalue weighted by Gasteiger charge is -2.14. The van der Waals surface area contributed by atoms with Crippen LogP contribution in [0.5, 0.6) is 0 Å². The van der Waals surface area contributed by atoms with E-state index in [1.54, 1.807) is 12.1 Å². The van der Waals surface area contributed by atoms with Gasteiger partial charge in [-0.15, -0.1) is 0 Å². The summed E-state index contributed by atoms with van der Waals surface area (Å²) < 4.78 is 0. The van der Waals surface area contributed by atoms with Crippen molar-refractivity contribution in [1.82, 2.24) is 5.32 Å². The summed E-state index contributed by atoms with van der Waals surface area (Å²) in [4.78, 5) is 25.2. The molecule has 6 heteroatoms. The summed E-state index contributed by atoms with van der Waals surface area (Å²) >= 11 is 0. The second kappa shape index (κ2) is 7.49. The maximum Gasteiger partial charge on any atom is 0.313 e. The molecule has 3 N–H and O–H groups in total. The monoisotopic (exact) mass is 279 g/mol. The Morgan fingerprint density at radius 3 is 2.25 bits per heavy atom. The van der Waals surface area contributed by atoms with Crippen molar-refractivity contribution in [3.05, 3.63) is 24.3 Å². The maximum atomic E-state index is 11.7. The Hall–Kier alpha value is -2.08. The van der Waals surface area contributed by atoms with Crippen molar-refractivity contribution in [3.8, 4) is 0 Å². The minimum atomic E-state index is -0.748. The fourth-order valence-electron chi connectivity index (χ4n) is 1.56. The number of aliphatic hydroxyl groups is 1. The van der Waals surface area contributed by atoms with Gasteiger partial charge in [0.25, 0.3) is 0 Å². The van der Waals surface area contributed by atoms with Gasteiger partial charge in [-0.25, -0.2) is 0 Å². The molecule has 0 heterocycles. The van der Waals surface area contributed by atoms with E-state index in [9.17, 15) is 9.59 Å². The van der Waals surface area contributed by atoms with Gasteiger partial charge in [-0.2, -0.15) is 0 Å². The number of rotatable bonds is 5. The zero-order valence-electron chi connectivity index (χ0n) is 12.0. The van der Waals surface area contributed by atoms with Crippen LogP contribution >= 0.6 is 0 Å². The van der Waals surface area contributed by atoms with Crippen molar-refractivity contribution >= 4 is 23.2 Å². The molecule has 0 aromatic heterocycles. The highest BCUT2D eigenvalue weighted by Gasteiger charge is 2.17. The van der Waals surface area contributed by atoms with Gasteiger partial charge >= 0.3 is 11.8 Å². The molecule has 1 aromatic rings. The number of carbonyl (C=O) groups excluding carboxylic acids is 2. The smallest absolute Gasteiger partial charge is 0.313 e. The Balaban J connectivity index is 2.59. The summed E-state index contributed by atoms with van der Waals surface area (Å²) in [5, 5.41) is 13.9. The van der Waals surface area contributed by atoms with Crippen LogP contribution in [0.2, 0.25) is 0 Å². The lowest BCUT2D eigenvalue weighted by atomic mass is 10.2. The average Bonchev–Trinajstić information content (AvgIpc) is 2.44. The molecular formula is C14H21N3O3. The molecule has 0 aliphatic rings. The number of hydrogen-bond acceptors (Lipinski definition) is 4. The third-order valence-corrected chi connectivity index (χ3v) is 2.90. The van der Waals surface area contributed by atoms with Crippen molar-refractivity contribution in [2.24, 2.45) is 0 Å². The number of hydrogen-bond donors (Lipinski definition) is 3. The van der Waals surface area contributed by atoms with Crippen LogP contribution in [0.25, 0.3) is 0 Å². The second-order valence-electron chi connectivity index (χ2n) is 4.66. The number of nitrogens with one attached hydrogen (secondary N) is 2. The van der Waals surface area contributed by atoms with Gasteiger partial charge in [0.2, 0.25) is 0 Å². The number of carbonyl (C=O) groups is 2. The van der Waals surface area contributed by atoms with Crippen LogP contribution in [0.1, 0.15) is 13.3 Å². The minimum absolute atomic E-state index is 0.187. The number of aliphatic hydroxyl groups excluding tert-OH is 1. The number of nitrogens with zero attached hydrogens (tertiary/aromatic N) is 1. The van der Waals surface area contributed by atoms with Crippen molar-refractivity contribution < 1.29 is 14.7 Å². The Labute approximate surface area is 118 Å². The van der Waals surface area contributed by atoms with Crippen LogP contribution in [-0.2, 0) is 9.59 Å². The van der Waals surface area contributed by atoms with E-state index in [4.69, 9.17) is 5.11 Å². The minimum Gasteiger partial charge on any atom is -0.394 e. The van der Waals surface area contributed by atoms with Gasteiger partial charge in [0.15, 0.2) is 0 Å². The summed E-state index contributed by atoms with van der Waals surface area (Å²) in [5.74, 6) is -1.49. The van der Waals surface area contributed by atoms with Crippen LogP contribution in [0.4, 0.5) is 11.4 Å². The molecule has 1 aromatic carbocycles. The van der Waals surface area contributed by atoms with E-state index in [1.807, 2.05) is 38.1 Å². The molecule has 6 nitrogen and oxygen atoms in total. The normalized spacial score (nSPS) is 11.6. The van der Waals surface area contributed by atoms with Crippen molar-refractivity contribution in [1.29, 1.82) is 0 Å². The Morgan fingerprint density at radius 2 is 1.80 bits per heavy atom. The molecule has 0 radical (unpaired) electrons. The van der Waals surface area contributed by atoms with Crippen molar-refractivity contribution in [2.45, 2.75) is 19.4 Å². The first kappa shape index (κ1) is 16.0. The molecule has 0 fully saturated rings. The van der Waals surface area contributed by atoms with Gasteiger partial charge in [0.05, 0.1) is 12.6 Å². The van der Waals surface area contributed by atoms with E-state index in [0.717, 1.165) is 5.69 Å². The highest BCUT2D eigenvalue weighted by atomic mass is 16.3. The average molecular weight is 279 g/mol. The van der Waals surface area contributed by atoms with Crippen LogP contribution in [-0.4, -0.2) is 43.7 Å². The van der Waals surface area contributed by atoms with Gasteiger partial charge in [-0.1, -0.05) is 6.92 Å². The predicted molar refractivity (Wildman–Crippen MR) is 78.7 cm³/mol. The standard InChI is InChI=1S/C14H21N3O3/c1-4-10(9-18)15-13(19)14(20)16-11-5-7-12(8-6-11)17(2)3/h5-8,10,18H,4,9H2,1-3H3,(H,15,19)(H,16,20)/t10-/m0/s1. The topological polar surface area (TPSA) is 81.7 Å². The summed E-state index contributed by atoms with van der Waals surface area (Å²) in [6, 6.07) is 6.74. The highest BCUT2D eigenvalue weighted by molar-refractivity contribution is 6.39. The molecule has 0 spiro atoms. The van der Waals surface area contributed by atoms with Crippen LogP contribution in [0.3, 0.4) is 0 Å². The molecule has 0 saturated carbocycles. The summed E-state index contributed by atoms with van der Waals surface area (Å²) in [6.45, 7) is 1.63. The van der Waals surface area contributed by atoms with Crippen LogP contribution in [0.15, 0.2) is 24.3 Å². The molecule has 0 unspecified atom stereocenters. The molecular weight excluding hydrogens is 258 g/mol. The van der Waals surface area contributed by atoms with Gasteiger partial charge in [0.1, 0.15) is 0 Å². The van der Waals surface area contributed by atoms with E-state index in [1.165, 1.54) is 0 Å². The van der Waals surface area contributed by atoms with E-state index in [-0.39, 0.29) is 6.61 Å². The number of anilines is 2. The molecule has 1 atom stereocenters. The van der Waals surface area contributed by atoms with E-state index >= 15 is 0 Å². The van der Waals surface area contributed by atoms with Gasteiger partial charge < -0.3 is 20.6 Å². The fourth-order valence-corrected chi connectivity index (χ4v) is 1.56. The van der Waals surface area contributed by atoms with E-state index in [0.29, 0.717) is 12.1 Å². The van der Waals surface area contributed by atoms with Crippen LogP contribution < -0.4 is 15.5 Å². The van der Waals surface area contributed by atoms with Gasteiger partial charge in [-0.05, 0) is 30.7 Å². The van der Waals surface area contributed by atoms with E-state index < -0.39 is 17.9 Å². The predicted octanol–water partition coefficient (Wildman–Crippen LogP) is 0.578. The first-order valence-electron chi connectivity index (χ1n) is 6.48. The lowest BCUT2D eigenvalue weighted by molar-refractivity contribution is -0.136. The lowest BCUT2D eigenvalue weighted by Crippen LogP contribution is -2.43. The van der Waals surface area contributed by atoms with Crippen molar-refractivity contribution in [3.63, 3.8) is 0 Å². The zero-order chi connectivity index (χ0) is 15.1.